The molecule has 0 aliphatic heterocycles. The minimum atomic E-state index is -2.34. The molecule has 1 aliphatic carbocycles. The number of ether oxygens (including phenoxy) is 1. The monoisotopic (exact) mass is 558 g/mol. The van der Waals surface area contributed by atoms with Crippen molar-refractivity contribution in [2.45, 2.75) is 51.0 Å². The van der Waals surface area contributed by atoms with Crippen molar-refractivity contribution in [3.63, 3.8) is 0 Å². The van der Waals surface area contributed by atoms with Crippen molar-refractivity contribution in [1.82, 2.24) is 9.73 Å². The molecule has 0 bridgehead atoms. The van der Waals surface area contributed by atoms with Gasteiger partial charge in [-0.05, 0) is 66.8 Å². The van der Waals surface area contributed by atoms with E-state index in [-0.39, 0.29) is 12.0 Å². The van der Waals surface area contributed by atoms with Gasteiger partial charge in [0.2, 0.25) is 6.23 Å². The normalized spacial score (nSPS) is 18.3. The molecular weight excluding hydrogens is 529 g/mol. The molecule has 3 aromatic carbocycles. The van der Waals surface area contributed by atoms with Gasteiger partial charge in [0.05, 0.1) is 21.1 Å². The predicted octanol–water partition coefficient (Wildman–Crippen LogP) is 6.97. The summed E-state index contributed by atoms with van der Waals surface area (Å²) in [5, 5.41) is 4.54. The van der Waals surface area contributed by atoms with Gasteiger partial charge in [0.15, 0.2) is 0 Å². The summed E-state index contributed by atoms with van der Waals surface area (Å²) >= 11 is 10.1. The summed E-state index contributed by atoms with van der Waals surface area (Å²) in [4.78, 5) is 4.13. The molecular formula is C28H30Cl2N3O3S+. The minimum absolute atomic E-state index is 0.232. The second-order valence-electron chi connectivity index (χ2n) is 8.97. The molecule has 37 heavy (non-hydrogen) atoms. The summed E-state index contributed by atoms with van der Waals surface area (Å²) in [6.07, 6.45) is 1.67. The maximum atomic E-state index is 11.9. The van der Waals surface area contributed by atoms with Gasteiger partial charge in [-0.25, -0.2) is 0 Å². The van der Waals surface area contributed by atoms with Crippen LogP contribution in [0, 0.1) is 6.07 Å². The maximum Gasteiger partial charge on any atom is 0.330 e. The maximum absolute atomic E-state index is 11.9. The SMILES string of the molecule is CN[C@H]1CC[C@@H](c2ccc(Cl)c(Cl)c2)c2ccc(CC#[N+]N(C(C)OCc3ccccc3)S(=O)O)cc21. The third-order valence-electron chi connectivity index (χ3n) is 6.60. The molecule has 0 heterocycles. The number of hydrogen-bond acceptors (Lipinski definition) is 3. The van der Waals surface area contributed by atoms with E-state index in [4.69, 9.17) is 27.9 Å². The van der Waals surface area contributed by atoms with Crippen LogP contribution in [0.2, 0.25) is 10.0 Å². The van der Waals surface area contributed by atoms with Gasteiger partial charge in [0.25, 0.3) is 0 Å². The average Bonchev–Trinajstić information content (AvgIpc) is 2.91. The molecule has 0 saturated carbocycles. The summed E-state index contributed by atoms with van der Waals surface area (Å²) in [6, 6.07) is 25.0. The number of nitrogens with zero attached hydrogens (tertiary/aromatic N) is 2. The van der Waals surface area contributed by atoms with Gasteiger partial charge in [-0.15, -0.1) is 0 Å². The van der Waals surface area contributed by atoms with Crippen LogP contribution in [-0.2, 0) is 29.0 Å². The highest BCUT2D eigenvalue weighted by molar-refractivity contribution is 7.76. The average molecular weight is 560 g/mol. The lowest BCUT2D eigenvalue weighted by Gasteiger charge is -2.32. The molecule has 2 unspecified atom stereocenters. The first-order valence-electron chi connectivity index (χ1n) is 12.1. The summed E-state index contributed by atoms with van der Waals surface area (Å²) in [5.74, 6) is 0.232. The van der Waals surface area contributed by atoms with E-state index in [1.54, 1.807) is 6.92 Å². The van der Waals surface area contributed by atoms with Crippen LogP contribution in [0.4, 0.5) is 0 Å². The van der Waals surface area contributed by atoms with Crippen molar-refractivity contribution in [2.24, 2.45) is 0 Å². The predicted molar refractivity (Wildman–Crippen MR) is 150 cm³/mol. The lowest BCUT2D eigenvalue weighted by Crippen LogP contribution is -2.30. The molecule has 4 atom stereocenters. The Morgan fingerprint density at radius 3 is 2.57 bits per heavy atom. The van der Waals surface area contributed by atoms with Gasteiger partial charge in [-0.1, -0.05) is 77.8 Å². The fourth-order valence-electron chi connectivity index (χ4n) is 4.67. The summed E-state index contributed by atoms with van der Waals surface area (Å²) in [5.41, 5.74) is 5.62. The van der Waals surface area contributed by atoms with E-state index in [9.17, 15) is 8.76 Å². The highest BCUT2D eigenvalue weighted by Gasteiger charge is 2.29. The van der Waals surface area contributed by atoms with Crippen LogP contribution in [0.5, 0.6) is 0 Å². The number of nitrogens with one attached hydrogen (secondary N) is 1. The Labute approximate surface area is 230 Å². The molecule has 0 spiro atoms. The Morgan fingerprint density at radius 2 is 1.86 bits per heavy atom. The van der Waals surface area contributed by atoms with Crippen molar-refractivity contribution in [3.05, 3.63) is 110 Å². The number of fused-ring (bicyclic) bond motifs is 1. The third-order valence-corrected chi connectivity index (χ3v) is 8.04. The van der Waals surface area contributed by atoms with Crippen LogP contribution >= 0.6 is 23.2 Å². The molecule has 9 heteroatoms. The first-order chi connectivity index (χ1) is 17.9. The molecule has 194 valence electrons. The van der Waals surface area contributed by atoms with Crippen LogP contribution in [0.15, 0.2) is 66.7 Å². The molecule has 1 aliphatic rings. The van der Waals surface area contributed by atoms with Gasteiger partial charge >= 0.3 is 17.3 Å². The van der Waals surface area contributed by atoms with Gasteiger partial charge in [0.1, 0.15) is 11.4 Å². The Hall–Kier alpha value is -2.44. The fourth-order valence-corrected chi connectivity index (χ4v) is 5.42. The summed E-state index contributed by atoms with van der Waals surface area (Å²) in [7, 11) is 1.97. The Bertz CT molecular complexity index is 1310. The topological polar surface area (TPSA) is 66.2 Å². The second-order valence-corrected chi connectivity index (χ2v) is 10.6. The second kappa shape index (κ2) is 12.9. The lowest BCUT2D eigenvalue weighted by atomic mass is 9.76. The molecule has 3 aromatic rings. The quantitative estimate of drug-likeness (QED) is 0.178. The van der Waals surface area contributed by atoms with Crippen molar-refractivity contribution >= 4 is 34.5 Å². The van der Waals surface area contributed by atoms with Crippen molar-refractivity contribution < 1.29 is 13.5 Å². The van der Waals surface area contributed by atoms with Crippen molar-refractivity contribution in [1.29, 1.82) is 0 Å². The van der Waals surface area contributed by atoms with E-state index in [0.29, 0.717) is 23.1 Å². The molecule has 4 rings (SSSR count). The molecule has 0 aromatic heterocycles. The molecule has 0 amide bonds. The third kappa shape index (κ3) is 6.91. The largest absolute Gasteiger partial charge is 0.346 e. The first kappa shape index (κ1) is 27.6. The zero-order valence-corrected chi connectivity index (χ0v) is 23.1. The Balaban J connectivity index is 1.50. The molecule has 0 radical (unpaired) electrons. The van der Waals surface area contributed by atoms with Gasteiger partial charge in [0, 0.05) is 12.0 Å². The van der Waals surface area contributed by atoms with E-state index in [1.807, 2.05) is 55.6 Å². The van der Waals surface area contributed by atoms with E-state index in [0.717, 1.165) is 33.9 Å². The van der Waals surface area contributed by atoms with Crippen LogP contribution in [0.25, 0.3) is 4.95 Å². The van der Waals surface area contributed by atoms with Crippen molar-refractivity contribution in [3.8, 4) is 6.07 Å². The van der Waals surface area contributed by atoms with E-state index in [2.05, 4.69) is 34.5 Å². The molecule has 6 nitrogen and oxygen atoms in total. The van der Waals surface area contributed by atoms with E-state index >= 15 is 0 Å². The minimum Gasteiger partial charge on any atom is -0.346 e. The fraction of sp³-hybridized carbons (Fsp3) is 0.321. The van der Waals surface area contributed by atoms with Crippen LogP contribution < -0.4 is 5.32 Å². The van der Waals surface area contributed by atoms with Crippen molar-refractivity contribution in [2.75, 3.05) is 7.05 Å². The van der Waals surface area contributed by atoms with Gasteiger partial charge < -0.3 is 10.1 Å². The number of benzene rings is 3. The molecule has 0 saturated heterocycles. The van der Waals surface area contributed by atoms with Gasteiger partial charge in [-0.2, -0.15) is 4.21 Å². The lowest BCUT2D eigenvalue weighted by molar-refractivity contribution is -0.00188. The number of rotatable bonds is 8. The van der Waals surface area contributed by atoms with Crippen LogP contribution in [0.1, 0.15) is 59.5 Å². The van der Waals surface area contributed by atoms with E-state index in [1.165, 1.54) is 11.1 Å². The zero-order valence-electron chi connectivity index (χ0n) is 20.7. The Kier molecular flexibility index (Phi) is 9.60. The van der Waals surface area contributed by atoms with Crippen LogP contribution in [-0.4, -0.2) is 26.5 Å². The molecule has 2 N–H and O–H groups in total. The smallest absolute Gasteiger partial charge is 0.330 e. The summed E-state index contributed by atoms with van der Waals surface area (Å²) in [6.45, 7) is 1.99. The number of halogens is 2. The van der Waals surface area contributed by atoms with E-state index < -0.39 is 17.5 Å². The molecule has 0 fully saturated rings. The summed E-state index contributed by atoms with van der Waals surface area (Å²) < 4.78 is 28.4. The standard InChI is InChI=1S/C28H29Cl2N3O3S/c1-19(36-18-21-6-4-3-5-7-21)33(37(34)35)32-15-14-20-8-10-24-23(11-13-28(31-2)25(24)16-20)22-9-12-26(29)27(30)17-22/h3-10,12,16-17,19,23,28,31H,11,13-14,18H2,1-2H3/p+1/t19?,23-,28-/m0/s1. The zero-order chi connectivity index (χ0) is 26.4. The Morgan fingerprint density at radius 1 is 1.08 bits per heavy atom. The highest BCUT2D eigenvalue weighted by Crippen LogP contribution is 2.42. The highest BCUT2D eigenvalue weighted by atomic mass is 35.5. The number of hydrogen-bond donors (Lipinski definition) is 2. The first-order valence-corrected chi connectivity index (χ1v) is 13.9. The van der Waals surface area contributed by atoms with Crippen LogP contribution in [0.3, 0.4) is 0 Å². The van der Waals surface area contributed by atoms with Gasteiger partial charge in [-0.3, -0.25) is 4.55 Å².